The highest BCUT2D eigenvalue weighted by Gasteiger charge is 2.14. The number of methoxy groups -OCH3 is 1. The third kappa shape index (κ3) is 4.23. The second-order valence-electron chi connectivity index (χ2n) is 5.33. The van der Waals surface area contributed by atoms with Gasteiger partial charge in [0.2, 0.25) is 0 Å². The minimum Gasteiger partial charge on any atom is -0.496 e. The molecular weight excluding hydrogens is 282 g/mol. The molecule has 0 bridgehead atoms. The van der Waals surface area contributed by atoms with Gasteiger partial charge in [0, 0.05) is 17.5 Å². The van der Waals surface area contributed by atoms with E-state index in [1.165, 1.54) is 16.7 Å². The summed E-state index contributed by atoms with van der Waals surface area (Å²) in [6.45, 7) is 3.02. The Labute approximate surface area is 132 Å². The smallest absolute Gasteiger partial charge is 0.122 e. The Morgan fingerprint density at radius 3 is 2.48 bits per heavy atom. The van der Waals surface area contributed by atoms with Crippen LogP contribution in [0.2, 0.25) is 5.02 Å². The molecule has 2 rings (SSSR count). The van der Waals surface area contributed by atoms with E-state index in [9.17, 15) is 0 Å². The van der Waals surface area contributed by atoms with Gasteiger partial charge in [-0.25, -0.2) is 0 Å². The number of rotatable bonds is 6. The molecule has 0 aliphatic carbocycles. The molecule has 0 radical (unpaired) electrons. The average Bonchev–Trinajstić information content (AvgIpc) is 2.48. The maximum atomic E-state index is 5.99. The summed E-state index contributed by atoms with van der Waals surface area (Å²) in [6.07, 6.45) is 0.938. The SMILES string of the molecule is CNCC(Cc1cc(C)ccc1OC)c1ccc(Cl)cc1. The number of ether oxygens (including phenoxy) is 1. The maximum Gasteiger partial charge on any atom is 0.122 e. The molecule has 1 atom stereocenters. The van der Waals surface area contributed by atoms with E-state index in [2.05, 4.69) is 36.5 Å². The molecule has 0 aromatic heterocycles. The minimum absolute atomic E-state index is 0.392. The van der Waals surface area contributed by atoms with Crippen LogP contribution in [-0.2, 0) is 6.42 Å². The molecule has 21 heavy (non-hydrogen) atoms. The Morgan fingerprint density at radius 1 is 1.14 bits per heavy atom. The van der Waals surface area contributed by atoms with Crippen molar-refractivity contribution in [1.29, 1.82) is 0 Å². The second kappa shape index (κ2) is 7.48. The van der Waals surface area contributed by atoms with Gasteiger partial charge < -0.3 is 10.1 Å². The lowest BCUT2D eigenvalue weighted by Gasteiger charge is -2.19. The Morgan fingerprint density at radius 2 is 1.86 bits per heavy atom. The van der Waals surface area contributed by atoms with E-state index in [4.69, 9.17) is 16.3 Å². The topological polar surface area (TPSA) is 21.3 Å². The molecule has 1 N–H and O–H groups in total. The van der Waals surface area contributed by atoms with Crippen molar-refractivity contribution in [3.05, 3.63) is 64.2 Å². The first-order chi connectivity index (χ1) is 10.1. The van der Waals surface area contributed by atoms with Crippen molar-refractivity contribution in [3.63, 3.8) is 0 Å². The summed E-state index contributed by atoms with van der Waals surface area (Å²) in [4.78, 5) is 0. The van der Waals surface area contributed by atoms with Crippen molar-refractivity contribution in [2.75, 3.05) is 20.7 Å². The summed E-state index contributed by atoms with van der Waals surface area (Å²) < 4.78 is 5.49. The summed E-state index contributed by atoms with van der Waals surface area (Å²) in [5.74, 6) is 1.35. The average molecular weight is 304 g/mol. The zero-order valence-electron chi connectivity index (χ0n) is 12.8. The van der Waals surface area contributed by atoms with Crippen molar-refractivity contribution in [2.24, 2.45) is 0 Å². The van der Waals surface area contributed by atoms with Crippen LogP contribution in [0.3, 0.4) is 0 Å². The summed E-state index contributed by atoms with van der Waals surface area (Å²) in [5.41, 5.74) is 3.79. The molecule has 112 valence electrons. The number of halogens is 1. The molecule has 0 aliphatic rings. The van der Waals surface area contributed by atoms with Crippen LogP contribution in [-0.4, -0.2) is 20.7 Å². The van der Waals surface area contributed by atoms with Crippen LogP contribution in [0.15, 0.2) is 42.5 Å². The summed E-state index contributed by atoms with van der Waals surface area (Å²) >= 11 is 5.99. The maximum absolute atomic E-state index is 5.99. The molecule has 0 fully saturated rings. The van der Waals surface area contributed by atoms with Crippen LogP contribution >= 0.6 is 11.6 Å². The van der Waals surface area contributed by atoms with E-state index < -0.39 is 0 Å². The first kappa shape index (κ1) is 15.9. The van der Waals surface area contributed by atoms with Crippen molar-refractivity contribution < 1.29 is 4.74 Å². The monoisotopic (exact) mass is 303 g/mol. The molecule has 0 aliphatic heterocycles. The zero-order chi connectivity index (χ0) is 15.2. The molecule has 1 unspecified atom stereocenters. The predicted molar refractivity (Wildman–Crippen MR) is 89.6 cm³/mol. The fourth-order valence-corrected chi connectivity index (χ4v) is 2.75. The van der Waals surface area contributed by atoms with Crippen molar-refractivity contribution >= 4 is 11.6 Å². The van der Waals surface area contributed by atoms with Gasteiger partial charge in [-0.2, -0.15) is 0 Å². The summed E-state index contributed by atoms with van der Waals surface area (Å²) in [7, 11) is 3.71. The molecular formula is C18H22ClNO. The largest absolute Gasteiger partial charge is 0.496 e. The third-order valence-electron chi connectivity index (χ3n) is 3.69. The van der Waals surface area contributed by atoms with Crippen LogP contribution in [0.5, 0.6) is 5.75 Å². The van der Waals surface area contributed by atoms with Crippen molar-refractivity contribution in [2.45, 2.75) is 19.3 Å². The minimum atomic E-state index is 0.392. The lowest BCUT2D eigenvalue weighted by molar-refractivity contribution is 0.407. The highest BCUT2D eigenvalue weighted by atomic mass is 35.5. The van der Waals surface area contributed by atoms with E-state index in [0.29, 0.717) is 5.92 Å². The molecule has 0 saturated carbocycles. The number of benzene rings is 2. The molecule has 2 aromatic rings. The Kier molecular flexibility index (Phi) is 5.66. The summed E-state index contributed by atoms with van der Waals surface area (Å²) in [5, 5.41) is 4.05. The predicted octanol–water partition coefficient (Wildman–Crippen LogP) is 4.20. The van der Waals surface area contributed by atoms with E-state index in [-0.39, 0.29) is 0 Å². The van der Waals surface area contributed by atoms with Crippen LogP contribution < -0.4 is 10.1 Å². The van der Waals surface area contributed by atoms with Gasteiger partial charge >= 0.3 is 0 Å². The van der Waals surface area contributed by atoms with Gasteiger partial charge in [0.05, 0.1) is 7.11 Å². The molecule has 2 aromatic carbocycles. The van der Waals surface area contributed by atoms with Gasteiger partial charge in [-0.1, -0.05) is 41.4 Å². The fraction of sp³-hybridized carbons (Fsp3) is 0.333. The summed E-state index contributed by atoms with van der Waals surface area (Å²) in [6, 6.07) is 14.4. The van der Waals surface area contributed by atoms with E-state index in [1.54, 1.807) is 7.11 Å². The Bertz CT molecular complexity index is 580. The molecule has 3 heteroatoms. The number of hydrogen-bond acceptors (Lipinski definition) is 2. The molecule has 0 spiro atoms. The second-order valence-corrected chi connectivity index (χ2v) is 5.76. The van der Waals surface area contributed by atoms with Gasteiger partial charge in [0.1, 0.15) is 5.75 Å². The van der Waals surface area contributed by atoms with Gasteiger partial charge in [-0.15, -0.1) is 0 Å². The van der Waals surface area contributed by atoms with E-state index in [0.717, 1.165) is 23.7 Å². The fourth-order valence-electron chi connectivity index (χ4n) is 2.62. The van der Waals surface area contributed by atoms with E-state index in [1.807, 2.05) is 25.2 Å². The number of hydrogen-bond donors (Lipinski definition) is 1. The number of nitrogens with one attached hydrogen (secondary N) is 1. The lowest BCUT2D eigenvalue weighted by Crippen LogP contribution is -2.19. The first-order valence-corrected chi connectivity index (χ1v) is 7.55. The number of aryl methyl sites for hydroxylation is 1. The van der Waals surface area contributed by atoms with Crippen LogP contribution in [0, 0.1) is 6.92 Å². The molecule has 0 heterocycles. The van der Waals surface area contributed by atoms with Crippen LogP contribution in [0.25, 0.3) is 0 Å². The standard InChI is InChI=1S/C18H22ClNO/c1-13-4-9-18(21-3)15(10-13)11-16(12-20-2)14-5-7-17(19)8-6-14/h4-10,16,20H,11-12H2,1-3H3. The number of likely N-dealkylation sites (N-methyl/N-ethyl adjacent to an activating group) is 1. The lowest BCUT2D eigenvalue weighted by atomic mass is 9.91. The highest BCUT2D eigenvalue weighted by Crippen LogP contribution is 2.28. The molecule has 0 saturated heterocycles. The molecule has 0 amide bonds. The van der Waals surface area contributed by atoms with Crippen LogP contribution in [0.1, 0.15) is 22.6 Å². The molecule has 2 nitrogen and oxygen atoms in total. The Hall–Kier alpha value is -1.51. The normalized spacial score (nSPS) is 12.2. The quantitative estimate of drug-likeness (QED) is 0.863. The van der Waals surface area contributed by atoms with Crippen LogP contribution in [0.4, 0.5) is 0 Å². The zero-order valence-corrected chi connectivity index (χ0v) is 13.6. The third-order valence-corrected chi connectivity index (χ3v) is 3.95. The van der Waals surface area contributed by atoms with Gasteiger partial charge in [0.15, 0.2) is 0 Å². The van der Waals surface area contributed by atoms with Crippen molar-refractivity contribution in [1.82, 2.24) is 5.32 Å². The van der Waals surface area contributed by atoms with Gasteiger partial charge in [-0.3, -0.25) is 0 Å². The van der Waals surface area contributed by atoms with Gasteiger partial charge in [-0.05, 0) is 49.7 Å². The first-order valence-electron chi connectivity index (χ1n) is 7.17. The highest BCUT2D eigenvalue weighted by molar-refractivity contribution is 6.30. The Balaban J connectivity index is 2.27. The van der Waals surface area contributed by atoms with Crippen molar-refractivity contribution in [3.8, 4) is 5.75 Å². The van der Waals surface area contributed by atoms with Gasteiger partial charge in [0.25, 0.3) is 0 Å². The van der Waals surface area contributed by atoms with E-state index >= 15 is 0 Å².